The monoisotopic (exact) mass is 276 g/mol. The van der Waals surface area contributed by atoms with Gasteiger partial charge < -0.3 is 4.74 Å². The number of hydrogen-bond acceptors (Lipinski definition) is 5. The topological polar surface area (TPSA) is 53.8 Å². The lowest BCUT2D eigenvalue weighted by Gasteiger charge is -2.50. The van der Waals surface area contributed by atoms with Crippen molar-refractivity contribution in [3.8, 4) is 5.75 Å². The second-order valence-electron chi connectivity index (χ2n) is 5.77. The molecule has 4 rings (SSSR count). The molecule has 2 bridgehead atoms. The van der Waals surface area contributed by atoms with Crippen LogP contribution in [0.15, 0.2) is 18.2 Å². The third kappa shape index (κ3) is 2.42. The molecular weight excluding hydrogens is 252 g/mol. The SMILES string of the molecule is COc1ccc(C(NN)C2CN3CCN2CC3)c(C)c1. The number of benzene rings is 1. The third-order valence-corrected chi connectivity index (χ3v) is 4.70. The Bertz CT molecular complexity index is 471. The molecule has 20 heavy (non-hydrogen) atoms. The number of nitrogens with two attached hydrogens (primary N) is 1. The van der Waals surface area contributed by atoms with Crippen LogP contribution in [0.2, 0.25) is 0 Å². The highest BCUT2D eigenvalue weighted by Gasteiger charge is 2.37. The number of rotatable bonds is 4. The normalized spacial score (nSPS) is 30.2. The highest BCUT2D eigenvalue weighted by atomic mass is 16.5. The predicted molar refractivity (Wildman–Crippen MR) is 79.6 cm³/mol. The van der Waals surface area contributed by atoms with Gasteiger partial charge >= 0.3 is 0 Å². The van der Waals surface area contributed by atoms with Crippen LogP contribution in [-0.2, 0) is 0 Å². The van der Waals surface area contributed by atoms with Crippen molar-refractivity contribution in [3.05, 3.63) is 29.3 Å². The van der Waals surface area contributed by atoms with Crippen LogP contribution in [0.5, 0.6) is 5.75 Å². The van der Waals surface area contributed by atoms with Crippen molar-refractivity contribution in [3.63, 3.8) is 0 Å². The first kappa shape index (κ1) is 13.8. The summed E-state index contributed by atoms with van der Waals surface area (Å²) in [6.07, 6.45) is 0. The van der Waals surface area contributed by atoms with E-state index in [9.17, 15) is 0 Å². The number of nitrogens with one attached hydrogen (secondary N) is 1. The molecule has 0 saturated carbocycles. The maximum absolute atomic E-state index is 5.88. The van der Waals surface area contributed by atoms with E-state index >= 15 is 0 Å². The summed E-state index contributed by atoms with van der Waals surface area (Å²) in [7, 11) is 1.70. The van der Waals surface area contributed by atoms with Gasteiger partial charge in [0.05, 0.1) is 13.2 Å². The van der Waals surface area contributed by atoms with Gasteiger partial charge in [-0.3, -0.25) is 21.1 Å². The zero-order valence-electron chi connectivity index (χ0n) is 12.3. The summed E-state index contributed by atoms with van der Waals surface area (Å²) in [5.74, 6) is 6.78. The molecule has 1 aromatic carbocycles. The van der Waals surface area contributed by atoms with Gasteiger partial charge in [-0.25, -0.2) is 0 Å². The molecule has 3 N–H and O–H groups in total. The molecule has 3 heterocycles. The highest BCUT2D eigenvalue weighted by molar-refractivity contribution is 5.37. The summed E-state index contributed by atoms with van der Waals surface area (Å²) in [5, 5.41) is 0. The summed E-state index contributed by atoms with van der Waals surface area (Å²) in [6, 6.07) is 6.86. The minimum Gasteiger partial charge on any atom is -0.497 e. The summed E-state index contributed by atoms with van der Waals surface area (Å²) >= 11 is 0. The van der Waals surface area contributed by atoms with Gasteiger partial charge in [-0.2, -0.15) is 0 Å². The lowest BCUT2D eigenvalue weighted by atomic mass is 9.91. The molecule has 2 atom stereocenters. The molecule has 5 nitrogen and oxygen atoms in total. The minimum absolute atomic E-state index is 0.170. The molecule has 3 aliphatic rings. The van der Waals surface area contributed by atoms with Crippen molar-refractivity contribution in [2.75, 3.05) is 39.8 Å². The van der Waals surface area contributed by atoms with Crippen LogP contribution in [0.25, 0.3) is 0 Å². The van der Waals surface area contributed by atoms with Crippen molar-refractivity contribution in [2.24, 2.45) is 5.84 Å². The summed E-state index contributed by atoms with van der Waals surface area (Å²) in [6.45, 7) is 7.90. The number of methoxy groups -OCH3 is 1. The minimum atomic E-state index is 0.170. The lowest BCUT2D eigenvalue weighted by molar-refractivity contribution is -0.00379. The molecule has 0 radical (unpaired) electrons. The van der Waals surface area contributed by atoms with Crippen molar-refractivity contribution < 1.29 is 4.74 Å². The first-order chi connectivity index (χ1) is 9.72. The van der Waals surface area contributed by atoms with Gasteiger partial charge in [-0.1, -0.05) is 6.07 Å². The second-order valence-corrected chi connectivity index (χ2v) is 5.77. The molecular formula is C15H24N4O. The van der Waals surface area contributed by atoms with Gasteiger partial charge in [-0.05, 0) is 30.2 Å². The number of hydrogen-bond donors (Lipinski definition) is 2. The Balaban J connectivity index is 1.86. The average Bonchev–Trinajstić information content (AvgIpc) is 2.51. The zero-order valence-corrected chi connectivity index (χ0v) is 12.3. The standard InChI is InChI=1S/C15H24N4O/c1-11-9-12(20-2)3-4-13(11)15(17-16)14-10-18-5-7-19(14)8-6-18/h3-4,9,14-15,17H,5-8,10,16H2,1-2H3. The Morgan fingerprint density at radius 1 is 1.30 bits per heavy atom. The zero-order chi connectivity index (χ0) is 14.1. The Kier molecular flexibility index (Phi) is 3.94. The number of nitrogens with zero attached hydrogens (tertiary/aromatic N) is 2. The van der Waals surface area contributed by atoms with E-state index in [2.05, 4.69) is 34.3 Å². The number of fused-ring (bicyclic) bond motifs is 3. The van der Waals surface area contributed by atoms with Gasteiger partial charge in [0.1, 0.15) is 5.75 Å². The lowest BCUT2D eigenvalue weighted by Crippen LogP contribution is -2.64. The van der Waals surface area contributed by atoms with E-state index in [1.807, 2.05) is 6.07 Å². The van der Waals surface area contributed by atoms with Gasteiger partial charge in [0.2, 0.25) is 0 Å². The van der Waals surface area contributed by atoms with Crippen LogP contribution in [0.3, 0.4) is 0 Å². The van der Waals surface area contributed by atoms with Crippen LogP contribution in [0, 0.1) is 6.92 Å². The summed E-state index contributed by atoms with van der Waals surface area (Å²) in [5.41, 5.74) is 5.54. The molecule has 3 fully saturated rings. The van der Waals surface area contributed by atoms with E-state index in [1.54, 1.807) is 7.11 Å². The molecule has 0 spiro atoms. The van der Waals surface area contributed by atoms with E-state index in [-0.39, 0.29) is 6.04 Å². The smallest absolute Gasteiger partial charge is 0.119 e. The Morgan fingerprint density at radius 3 is 2.55 bits per heavy atom. The molecule has 5 heteroatoms. The first-order valence-corrected chi connectivity index (χ1v) is 7.30. The maximum atomic E-state index is 5.88. The summed E-state index contributed by atoms with van der Waals surface area (Å²) in [4.78, 5) is 5.10. The fourth-order valence-corrected chi connectivity index (χ4v) is 3.51. The molecule has 0 amide bonds. The van der Waals surface area contributed by atoms with E-state index < -0.39 is 0 Å². The van der Waals surface area contributed by atoms with Gasteiger partial charge in [0.15, 0.2) is 0 Å². The molecule has 0 aromatic heterocycles. The Labute approximate surface area is 120 Å². The van der Waals surface area contributed by atoms with E-state index in [0.717, 1.165) is 25.4 Å². The van der Waals surface area contributed by atoms with E-state index in [4.69, 9.17) is 10.6 Å². The molecule has 2 unspecified atom stereocenters. The number of aryl methyl sites for hydroxylation is 1. The van der Waals surface area contributed by atoms with Gasteiger partial charge in [0, 0.05) is 38.8 Å². The fraction of sp³-hybridized carbons (Fsp3) is 0.600. The largest absolute Gasteiger partial charge is 0.497 e. The summed E-state index contributed by atoms with van der Waals surface area (Å²) < 4.78 is 5.29. The van der Waals surface area contributed by atoms with Crippen LogP contribution in [-0.4, -0.2) is 55.7 Å². The van der Waals surface area contributed by atoms with Crippen molar-refractivity contribution >= 4 is 0 Å². The third-order valence-electron chi connectivity index (χ3n) is 4.70. The van der Waals surface area contributed by atoms with Crippen LogP contribution in [0.1, 0.15) is 17.2 Å². The van der Waals surface area contributed by atoms with Crippen LogP contribution >= 0.6 is 0 Å². The van der Waals surface area contributed by atoms with Crippen LogP contribution in [0.4, 0.5) is 0 Å². The quantitative estimate of drug-likeness (QED) is 0.620. The van der Waals surface area contributed by atoms with Crippen molar-refractivity contribution in [2.45, 2.75) is 19.0 Å². The van der Waals surface area contributed by atoms with Gasteiger partial charge in [-0.15, -0.1) is 0 Å². The fourth-order valence-electron chi connectivity index (χ4n) is 3.51. The first-order valence-electron chi connectivity index (χ1n) is 7.30. The molecule has 110 valence electrons. The van der Waals surface area contributed by atoms with Gasteiger partial charge in [0.25, 0.3) is 0 Å². The van der Waals surface area contributed by atoms with Crippen LogP contribution < -0.4 is 16.0 Å². The number of hydrazine groups is 1. The molecule has 3 saturated heterocycles. The molecule has 1 aromatic rings. The van der Waals surface area contributed by atoms with Crippen molar-refractivity contribution in [1.82, 2.24) is 15.2 Å². The predicted octanol–water partition coefficient (Wildman–Crippen LogP) is 0.508. The average molecular weight is 276 g/mol. The van der Waals surface area contributed by atoms with Crippen molar-refractivity contribution in [1.29, 1.82) is 0 Å². The molecule has 0 aliphatic carbocycles. The Hall–Kier alpha value is -1.14. The molecule has 3 aliphatic heterocycles. The maximum Gasteiger partial charge on any atom is 0.119 e. The highest BCUT2D eigenvalue weighted by Crippen LogP contribution is 2.30. The number of ether oxygens (including phenoxy) is 1. The van der Waals surface area contributed by atoms with E-state index in [0.29, 0.717) is 6.04 Å². The Morgan fingerprint density at radius 2 is 2.05 bits per heavy atom. The number of piperazine rings is 3. The second kappa shape index (κ2) is 5.69. The van der Waals surface area contributed by atoms with E-state index in [1.165, 1.54) is 24.2 Å².